The number of nitrogen functional groups attached to an aromatic ring is 1. The van der Waals surface area contributed by atoms with E-state index < -0.39 is 6.10 Å². The van der Waals surface area contributed by atoms with Crippen molar-refractivity contribution in [3.63, 3.8) is 0 Å². The smallest absolute Gasteiger partial charge is 0.129 e. The van der Waals surface area contributed by atoms with E-state index in [0.29, 0.717) is 26.2 Å². The molecule has 1 aromatic carbocycles. The fourth-order valence-corrected chi connectivity index (χ4v) is 2.38. The van der Waals surface area contributed by atoms with Gasteiger partial charge in [0.15, 0.2) is 0 Å². The summed E-state index contributed by atoms with van der Waals surface area (Å²) in [5, 5.41) is 11.4. The van der Waals surface area contributed by atoms with Gasteiger partial charge in [0.25, 0.3) is 0 Å². The van der Waals surface area contributed by atoms with Gasteiger partial charge in [0.1, 0.15) is 11.9 Å². The van der Waals surface area contributed by atoms with Crippen LogP contribution in [0, 0.1) is 0 Å². The van der Waals surface area contributed by atoms with E-state index in [1.807, 2.05) is 0 Å². The molecule has 1 atom stereocenters. The molecular formula is C12H9Cl3N2O. The van der Waals surface area contributed by atoms with Crippen molar-refractivity contribution < 1.29 is 5.11 Å². The van der Waals surface area contributed by atoms with Crippen LogP contribution in [0.25, 0.3) is 0 Å². The van der Waals surface area contributed by atoms with E-state index in [1.54, 1.807) is 18.2 Å². The number of aliphatic hydroxyl groups excluding tert-OH is 1. The zero-order valence-corrected chi connectivity index (χ0v) is 11.3. The van der Waals surface area contributed by atoms with Gasteiger partial charge in [-0.15, -0.1) is 0 Å². The molecule has 18 heavy (non-hydrogen) atoms. The Morgan fingerprint density at radius 1 is 1.17 bits per heavy atom. The van der Waals surface area contributed by atoms with Gasteiger partial charge in [-0.1, -0.05) is 40.9 Å². The number of anilines is 1. The van der Waals surface area contributed by atoms with Crippen LogP contribution in [0.3, 0.4) is 0 Å². The van der Waals surface area contributed by atoms with Crippen molar-refractivity contribution in [1.29, 1.82) is 0 Å². The van der Waals surface area contributed by atoms with E-state index in [2.05, 4.69) is 4.98 Å². The molecule has 0 radical (unpaired) electrons. The van der Waals surface area contributed by atoms with E-state index in [1.165, 1.54) is 12.3 Å². The lowest BCUT2D eigenvalue weighted by Crippen LogP contribution is -2.06. The van der Waals surface area contributed by atoms with Crippen LogP contribution in [0.15, 0.2) is 30.5 Å². The van der Waals surface area contributed by atoms with Gasteiger partial charge in [-0.2, -0.15) is 0 Å². The minimum Gasteiger partial charge on any atom is -0.383 e. The first-order valence-corrected chi connectivity index (χ1v) is 6.17. The Morgan fingerprint density at radius 2 is 1.78 bits per heavy atom. The maximum atomic E-state index is 10.3. The predicted octanol–water partition coefficient (Wildman–Crippen LogP) is 3.71. The lowest BCUT2D eigenvalue weighted by atomic mass is 10.0. The third-order valence-corrected chi connectivity index (χ3v) is 3.35. The molecule has 0 amide bonds. The number of pyridine rings is 1. The highest BCUT2D eigenvalue weighted by Gasteiger charge is 2.20. The van der Waals surface area contributed by atoms with Gasteiger partial charge >= 0.3 is 0 Å². The maximum Gasteiger partial charge on any atom is 0.129 e. The van der Waals surface area contributed by atoms with Crippen LogP contribution < -0.4 is 5.73 Å². The average molecular weight is 304 g/mol. The first-order valence-electron chi connectivity index (χ1n) is 5.03. The topological polar surface area (TPSA) is 59.1 Å². The second-order valence-corrected chi connectivity index (χ2v) is 4.92. The summed E-state index contributed by atoms with van der Waals surface area (Å²) in [6.07, 6.45) is 0.332. The highest BCUT2D eigenvalue weighted by molar-refractivity contribution is 6.36. The molecule has 0 spiro atoms. The summed E-state index contributed by atoms with van der Waals surface area (Å²) in [7, 11) is 0. The summed E-state index contributed by atoms with van der Waals surface area (Å²) in [6, 6.07) is 6.51. The molecule has 0 aliphatic heterocycles. The Kier molecular flexibility index (Phi) is 3.97. The molecule has 2 rings (SSSR count). The lowest BCUT2D eigenvalue weighted by Gasteiger charge is -2.16. The molecule has 0 saturated heterocycles. The molecule has 2 aromatic rings. The minimum absolute atomic E-state index is 0.183. The monoisotopic (exact) mass is 302 g/mol. The van der Waals surface area contributed by atoms with Crippen LogP contribution in [0.2, 0.25) is 15.1 Å². The summed E-state index contributed by atoms with van der Waals surface area (Å²) < 4.78 is 0. The summed E-state index contributed by atoms with van der Waals surface area (Å²) in [6.45, 7) is 0. The van der Waals surface area contributed by atoms with Crippen LogP contribution in [0.1, 0.15) is 17.2 Å². The van der Waals surface area contributed by atoms with Crippen molar-refractivity contribution in [1.82, 2.24) is 4.98 Å². The number of rotatable bonds is 2. The standard InChI is InChI=1S/C12H9Cl3N2O/c13-6-4-7(12(16)17-5-6)11(18)10-8(14)2-1-3-9(10)15/h1-5,11,18H,(H2,16,17). The normalized spacial score (nSPS) is 12.4. The van der Waals surface area contributed by atoms with Crippen LogP contribution >= 0.6 is 34.8 Å². The third kappa shape index (κ3) is 2.54. The number of nitrogens with zero attached hydrogens (tertiary/aromatic N) is 1. The molecule has 1 heterocycles. The number of halogens is 3. The summed E-state index contributed by atoms with van der Waals surface area (Å²) in [5.74, 6) is 0.183. The van der Waals surface area contributed by atoms with Crippen molar-refractivity contribution >= 4 is 40.6 Å². The number of hydrogen-bond acceptors (Lipinski definition) is 3. The highest BCUT2D eigenvalue weighted by atomic mass is 35.5. The Balaban J connectivity index is 2.54. The van der Waals surface area contributed by atoms with Gasteiger partial charge in [-0.05, 0) is 18.2 Å². The van der Waals surface area contributed by atoms with Crippen molar-refractivity contribution in [2.45, 2.75) is 6.10 Å². The summed E-state index contributed by atoms with van der Waals surface area (Å²) >= 11 is 17.9. The SMILES string of the molecule is Nc1ncc(Cl)cc1C(O)c1c(Cl)cccc1Cl. The van der Waals surface area contributed by atoms with Gasteiger partial charge in [-0.3, -0.25) is 0 Å². The van der Waals surface area contributed by atoms with E-state index in [-0.39, 0.29) is 5.82 Å². The molecule has 6 heteroatoms. The zero-order chi connectivity index (χ0) is 13.3. The largest absolute Gasteiger partial charge is 0.383 e. The summed E-state index contributed by atoms with van der Waals surface area (Å²) in [4.78, 5) is 3.88. The molecule has 0 aliphatic rings. The van der Waals surface area contributed by atoms with Gasteiger partial charge < -0.3 is 10.8 Å². The number of nitrogens with two attached hydrogens (primary N) is 1. The fourth-order valence-electron chi connectivity index (χ4n) is 1.61. The van der Waals surface area contributed by atoms with Gasteiger partial charge in [0.2, 0.25) is 0 Å². The van der Waals surface area contributed by atoms with Gasteiger partial charge in [0.05, 0.1) is 5.02 Å². The lowest BCUT2D eigenvalue weighted by molar-refractivity contribution is 0.221. The average Bonchev–Trinajstić information content (AvgIpc) is 2.32. The Labute approximate surface area is 119 Å². The molecule has 0 fully saturated rings. The van der Waals surface area contributed by atoms with Crippen molar-refractivity contribution in [2.75, 3.05) is 5.73 Å². The molecule has 1 aromatic heterocycles. The van der Waals surface area contributed by atoms with Gasteiger partial charge in [-0.25, -0.2) is 4.98 Å². The number of aromatic nitrogens is 1. The molecule has 0 bridgehead atoms. The molecule has 3 N–H and O–H groups in total. The molecule has 3 nitrogen and oxygen atoms in total. The van der Waals surface area contributed by atoms with Crippen LogP contribution in [-0.4, -0.2) is 10.1 Å². The van der Waals surface area contributed by atoms with Crippen LogP contribution in [0.4, 0.5) is 5.82 Å². The molecule has 0 saturated carbocycles. The van der Waals surface area contributed by atoms with E-state index in [0.717, 1.165) is 0 Å². The molecule has 94 valence electrons. The first kappa shape index (κ1) is 13.4. The third-order valence-electron chi connectivity index (χ3n) is 2.48. The maximum absolute atomic E-state index is 10.3. The second kappa shape index (κ2) is 5.33. The van der Waals surface area contributed by atoms with Crippen molar-refractivity contribution in [2.24, 2.45) is 0 Å². The zero-order valence-electron chi connectivity index (χ0n) is 9.07. The molecule has 0 aliphatic carbocycles. The second-order valence-electron chi connectivity index (χ2n) is 3.67. The van der Waals surface area contributed by atoms with Crippen molar-refractivity contribution in [3.05, 3.63) is 56.7 Å². The Hall–Kier alpha value is -1.00. The quantitative estimate of drug-likeness (QED) is 0.889. The van der Waals surface area contributed by atoms with E-state index in [9.17, 15) is 5.11 Å². The van der Waals surface area contributed by atoms with Crippen LogP contribution in [-0.2, 0) is 0 Å². The van der Waals surface area contributed by atoms with Crippen molar-refractivity contribution in [3.8, 4) is 0 Å². The van der Waals surface area contributed by atoms with Gasteiger partial charge in [0, 0.05) is 27.4 Å². The van der Waals surface area contributed by atoms with Crippen LogP contribution in [0.5, 0.6) is 0 Å². The first-order chi connectivity index (χ1) is 8.50. The predicted molar refractivity (Wildman–Crippen MR) is 74.2 cm³/mol. The number of hydrogen-bond donors (Lipinski definition) is 2. The Morgan fingerprint density at radius 3 is 2.39 bits per heavy atom. The summed E-state index contributed by atoms with van der Waals surface area (Å²) in [5.41, 5.74) is 6.47. The number of benzene rings is 1. The molecule has 1 unspecified atom stereocenters. The number of aliphatic hydroxyl groups is 1. The minimum atomic E-state index is -1.07. The highest BCUT2D eigenvalue weighted by Crippen LogP contribution is 2.36. The fraction of sp³-hybridized carbons (Fsp3) is 0.0833. The Bertz CT molecular complexity index is 569. The molecular weight excluding hydrogens is 295 g/mol. The van der Waals surface area contributed by atoms with E-state index >= 15 is 0 Å². The van der Waals surface area contributed by atoms with E-state index in [4.69, 9.17) is 40.5 Å².